The molecule has 5 heteroatoms. The first-order valence-corrected chi connectivity index (χ1v) is 6.79. The number of benzene rings is 1. The normalized spacial score (nSPS) is 21.4. The molecule has 0 aliphatic carbocycles. The second-order valence-electron chi connectivity index (χ2n) is 5.21. The molecule has 4 nitrogen and oxygen atoms in total. The van der Waals surface area contributed by atoms with E-state index in [9.17, 15) is 4.79 Å². The average molecular weight is 299 g/mol. The molecule has 0 unspecified atom stereocenters. The highest BCUT2D eigenvalue weighted by Crippen LogP contribution is 2.19. The van der Waals surface area contributed by atoms with Gasteiger partial charge in [0.25, 0.3) is 0 Å². The van der Waals surface area contributed by atoms with Crippen LogP contribution >= 0.6 is 12.4 Å². The lowest BCUT2D eigenvalue weighted by atomic mass is 10.1. The van der Waals surface area contributed by atoms with E-state index in [0.717, 1.165) is 18.4 Å². The SMILES string of the molecule is Cc1ccc(CNC(=O)[C@@H]2CC[C@H](CN)O2)c(C)c1.Cl. The number of carbonyl (C=O) groups is 1. The fraction of sp³-hybridized carbons (Fsp3) is 0.533. The molecule has 112 valence electrons. The first-order chi connectivity index (χ1) is 9.10. The third-order valence-electron chi connectivity index (χ3n) is 3.61. The minimum Gasteiger partial charge on any atom is -0.364 e. The lowest BCUT2D eigenvalue weighted by Crippen LogP contribution is -2.35. The molecule has 1 heterocycles. The van der Waals surface area contributed by atoms with Crippen molar-refractivity contribution in [3.8, 4) is 0 Å². The maximum absolute atomic E-state index is 12.0. The van der Waals surface area contributed by atoms with Crippen molar-refractivity contribution in [2.75, 3.05) is 6.54 Å². The van der Waals surface area contributed by atoms with Crippen LogP contribution in [0.25, 0.3) is 0 Å². The zero-order valence-corrected chi connectivity index (χ0v) is 12.8. The summed E-state index contributed by atoms with van der Waals surface area (Å²) in [5.41, 5.74) is 9.12. The lowest BCUT2D eigenvalue weighted by molar-refractivity contribution is -0.132. The van der Waals surface area contributed by atoms with Crippen LogP contribution in [0.5, 0.6) is 0 Å². The molecule has 0 radical (unpaired) electrons. The largest absolute Gasteiger partial charge is 0.364 e. The van der Waals surface area contributed by atoms with E-state index in [1.54, 1.807) is 0 Å². The van der Waals surface area contributed by atoms with Crippen molar-refractivity contribution in [1.29, 1.82) is 0 Å². The fourth-order valence-electron chi connectivity index (χ4n) is 2.41. The Morgan fingerprint density at radius 2 is 2.15 bits per heavy atom. The number of amides is 1. The Hall–Kier alpha value is -1.10. The summed E-state index contributed by atoms with van der Waals surface area (Å²) in [6.07, 6.45) is 1.34. The number of hydrogen-bond donors (Lipinski definition) is 2. The quantitative estimate of drug-likeness (QED) is 0.891. The summed E-state index contributed by atoms with van der Waals surface area (Å²) < 4.78 is 5.57. The molecule has 1 aliphatic rings. The maximum atomic E-state index is 12.0. The molecule has 0 bridgehead atoms. The molecular weight excluding hydrogens is 276 g/mol. The molecule has 1 aromatic rings. The molecular formula is C15H23ClN2O2. The number of hydrogen-bond acceptors (Lipinski definition) is 3. The summed E-state index contributed by atoms with van der Waals surface area (Å²) in [4.78, 5) is 12.0. The first kappa shape index (κ1) is 17.0. The fourth-order valence-corrected chi connectivity index (χ4v) is 2.41. The summed E-state index contributed by atoms with van der Waals surface area (Å²) >= 11 is 0. The second-order valence-corrected chi connectivity index (χ2v) is 5.21. The second kappa shape index (κ2) is 7.62. The highest BCUT2D eigenvalue weighted by Gasteiger charge is 2.29. The minimum absolute atomic E-state index is 0. The molecule has 0 spiro atoms. The third kappa shape index (κ3) is 4.20. The number of carbonyl (C=O) groups excluding carboxylic acids is 1. The minimum atomic E-state index is -0.334. The van der Waals surface area contributed by atoms with Crippen LogP contribution < -0.4 is 11.1 Å². The van der Waals surface area contributed by atoms with Crippen LogP contribution in [0.4, 0.5) is 0 Å². The van der Waals surface area contributed by atoms with E-state index >= 15 is 0 Å². The van der Waals surface area contributed by atoms with Gasteiger partial charge in [-0.05, 0) is 37.8 Å². The molecule has 20 heavy (non-hydrogen) atoms. The van der Waals surface area contributed by atoms with Crippen molar-refractivity contribution in [2.45, 2.75) is 45.4 Å². The predicted octanol–water partition coefficient (Wildman–Crippen LogP) is 1.85. The summed E-state index contributed by atoms with van der Waals surface area (Å²) in [5.74, 6) is -0.0316. The monoisotopic (exact) mass is 298 g/mol. The molecule has 1 fully saturated rings. The summed E-state index contributed by atoms with van der Waals surface area (Å²) in [6.45, 7) is 5.17. The van der Waals surface area contributed by atoms with E-state index in [1.807, 2.05) is 0 Å². The Morgan fingerprint density at radius 1 is 1.40 bits per heavy atom. The van der Waals surface area contributed by atoms with Crippen LogP contribution in [0.2, 0.25) is 0 Å². The van der Waals surface area contributed by atoms with Gasteiger partial charge in [0.05, 0.1) is 6.10 Å². The summed E-state index contributed by atoms with van der Waals surface area (Å²) in [7, 11) is 0. The van der Waals surface area contributed by atoms with E-state index in [1.165, 1.54) is 11.1 Å². The number of nitrogens with one attached hydrogen (secondary N) is 1. The van der Waals surface area contributed by atoms with Gasteiger partial charge in [-0.15, -0.1) is 12.4 Å². The third-order valence-corrected chi connectivity index (χ3v) is 3.61. The van der Waals surface area contributed by atoms with Crippen LogP contribution in [0, 0.1) is 13.8 Å². The molecule has 1 saturated heterocycles. The van der Waals surface area contributed by atoms with E-state index < -0.39 is 0 Å². The van der Waals surface area contributed by atoms with Crippen LogP contribution in [0.1, 0.15) is 29.5 Å². The smallest absolute Gasteiger partial charge is 0.249 e. The number of ether oxygens (including phenoxy) is 1. The number of nitrogens with two attached hydrogens (primary N) is 1. The topological polar surface area (TPSA) is 64.4 Å². The van der Waals surface area contributed by atoms with Gasteiger partial charge in [-0.2, -0.15) is 0 Å². The van der Waals surface area contributed by atoms with E-state index in [0.29, 0.717) is 13.1 Å². The van der Waals surface area contributed by atoms with Crippen molar-refractivity contribution >= 4 is 18.3 Å². The van der Waals surface area contributed by atoms with Gasteiger partial charge < -0.3 is 15.8 Å². The van der Waals surface area contributed by atoms with Gasteiger partial charge in [0.2, 0.25) is 5.91 Å². The van der Waals surface area contributed by atoms with E-state index in [-0.39, 0.29) is 30.5 Å². The molecule has 0 aromatic heterocycles. The average Bonchev–Trinajstić information content (AvgIpc) is 2.86. The molecule has 1 aliphatic heterocycles. The summed E-state index contributed by atoms with van der Waals surface area (Å²) in [6, 6.07) is 6.24. The van der Waals surface area contributed by atoms with Crippen molar-refractivity contribution < 1.29 is 9.53 Å². The van der Waals surface area contributed by atoms with Crippen LogP contribution in [-0.4, -0.2) is 24.7 Å². The molecule has 2 rings (SSSR count). The van der Waals surface area contributed by atoms with Crippen molar-refractivity contribution in [1.82, 2.24) is 5.32 Å². The van der Waals surface area contributed by atoms with Gasteiger partial charge in [-0.3, -0.25) is 4.79 Å². The van der Waals surface area contributed by atoms with E-state index in [4.69, 9.17) is 10.5 Å². The molecule has 0 saturated carbocycles. The number of rotatable bonds is 4. The van der Waals surface area contributed by atoms with Crippen LogP contribution in [-0.2, 0) is 16.1 Å². The molecule has 2 atom stereocenters. The predicted molar refractivity (Wildman–Crippen MR) is 82.0 cm³/mol. The molecule has 1 aromatic carbocycles. The zero-order chi connectivity index (χ0) is 13.8. The Bertz CT molecular complexity index is 465. The Labute approximate surface area is 126 Å². The van der Waals surface area contributed by atoms with Gasteiger partial charge in [0, 0.05) is 13.1 Å². The maximum Gasteiger partial charge on any atom is 0.249 e. The number of aryl methyl sites for hydroxylation is 2. The Kier molecular flexibility index (Phi) is 6.46. The summed E-state index contributed by atoms with van der Waals surface area (Å²) in [5, 5.41) is 2.94. The van der Waals surface area contributed by atoms with Crippen molar-refractivity contribution in [2.24, 2.45) is 5.73 Å². The van der Waals surface area contributed by atoms with Gasteiger partial charge >= 0.3 is 0 Å². The Morgan fingerprint density at radius 3 is 2.75 bits per heavy atom. The van der Waals surface area contributed by atoms with Crippen molar-refractivity contribution in [3.63, 3.8) is 0 Å². The standard InChI is InChI=1S/C15H22N2O2.ClH/c1-10-3-4-12(11(2)7-10)9-17-15(18)14-6-5-13(8-16)19-14;/h3-4,7,13-14H,5-6,8-9,16H2,1-2H3,(H,17,18);1H/t13-,14+;/m1./s1. The van der Waals surface area contributed by atoms with Crippen LogP contribution in [0.3, 0.4) is 0 Å². The van der Waals surface area contributed by atoms with Gasteiger partial charge in [-0.1, -0.05) is 23.8 Å². The highest BCUT2D eigenvalue weighted by molar-refractivity contribution is 5.85. The first-order valence-electron chi connectivity index (χ1n) is 6.79. The zero-order valence-electron chi connectivity index (χ0n) is 12.0. The molecule has 1 amide bonds. The number of halogens is 1. The van der Waals surface area contributed by atoms with Crippen molar-refractivity contribution in [3.05, 3.63) is 34.9 Å². The lowest BCUT2D eigenvalue weighted by Gasteiger charge is -2.13. The molecule has 3 N–H and O–H groups in total. The van der Waals surface area contributed by atoms with Gasteiger partial charge in [0.15, 0.2) is 0 Å². The van der Waals surface area contributed by atoms with Crippen LogP contribution in [0.15, 0.2) is 18.2 Å². The van der Waals surface area contributed by atoms with Gasteiger partial charge in [-0.25, -0.2) is 0 Å². The van der Waals surface area contributed by atoms with Gasteiger partial charge in [0.1, 0.15) is 6.10 Å². The van der Waals surface area contributed by atoms with E-state index in [2.05, 4.69) is 37.4 Å². The Balaban J connectivity index is 0.00000200. The highest BCUT2D eigenvalue weighted by atomic mass is 35.5.